The number of benzene rings is 2. The first-order valence-corrected chi connectivity index (χ1v) is 10.1. The Morgan fingerprint density at radius 3 is 2.66 bits per heavy atom. The highest BCUT2D eigenvalue weighted by Gasteiger charge is 2.24. The van der Waals surface area contributed by atoms with E-state index in [4.69, 9.17) is 4.74 Å². The first kappa shape index (κ1) is 20.1. The zero-order chi connectivity index (χ0) is 21.3. The Morgan fingerprint density at radius 2 is 2.00 bits per heavy atom. The van der Waals surface area contributed by atoms with E-state index in [1.165, 1.54) is 0 Å². The molecule has 0 spiro atoms. The van der Waals surface area contributed by atoms with Crippen LogP contribution >= 0.6 is 0 Å². The summed E-state index contributed by atoms with van der Waals surface area (Å²) >= 11 is 0. The monoisotopic (exact) mass is 417 g/mol. The molecule has 0 aliphatic rings. The number of H-pyrrole nitrogens is 1. The third kappa shape index (κ3) is 4.14. The van der Waals surface area contributed by atoms with Crippen molar-refractivity contribution < 1.29 is 22.9 Å². The van der Waals surface area contributed by atoms with Crippen LogP contribution in [-0.2, 0) is 21.2 Å². The minimum Gasteiger partial charge on any atom is -0.454 e. The van der Waals surface area contributed by atoms with Gasteiger partial charge in [0.25, 0.3) is 11.2 Å². The molecular weight excluding hydrogens is 402 g/mol. The number of fused-ring (bicyclic) bond motifs is 1. The van der Waals surface area contributed by atoms with Crippen molar-refractivity contribution in [2.24, 2.45) is 0 Å². The molecular formula is C18H15N3O7S. The van der Waals surface area contributed by atoms with Crippen molar-refractivity contribution in [3.63, 3.8) is 0 Å². The number of carbonyl (C=O) groups is 1. The molecule has 2 aromatic carbocycles. The number of hydrogen-bond donors (Lipinski definition) is 1. The van der Waals surface area contributed by atoms with Gasteiger partial charge < -0.3 is 9.72 Å². The Kier molecular flexibility index (Phi) is 5.16. The van der Waals surface area contributed by atoms with Crippen LogP contribution in [0.4, 0.5) is 5.69 Å². The van der Waals surface area contributed by atoms with Gasteiger partial charge in [-0.25, -0.2) is 18.2 Å². The number of rotatable bonds is 5. The molecule has 0 radical (unpaired) electrons. The summed E-state index contributed by atoms with van der Waals surface area (Å²) in [6.07, 6.45) is 0.830. The third-order valence-corrected chi connectivity index (χ3v) is 5.26. The molecule has 0 saturated heterocycles. The van der Waals surface area contributed by atoms with E-state index in [1.807, 2.05) is 0 Å². The lowest BCUT2D eigenvalue weighted by Gasteiger charge is -2.07. The molecule has 11 heteroatoms. The van der Waals surface area contributed by atoms with E-state index in [9.17, 15) is 28.1 Å². The minimum atomic E-state index is -3.85. The smallest absolute Gasteiger partial charge is 0.338 e. The molecule has 0 amide bonds. The van der Waals surface area contributed by atoms with Gasteiger partial charge in [-0.2, -0.15) is 0 Å². The first-order valence-electron chi connectivity index (χ1n) is 8.22. The minimum absolute atomic E-state index is 0.104. The average Bonchev–Trinajstić information content (AvgIpc) is 2.65. The van der Waals surface area contributed by atoms with Crippen molar-refractivity contribution in [1.29, 1.82) is 0 Å². The number of carbonyl (C=O) groups excluding carboxylic acids is 1. The Bertz CT molecular complexity index is 1310. The molecule has 1 aromatic heterocycles. The van der Waals surface area contributed by atoms with Crippen LogP contribution in [-0.4, -0.2) is 35.5 Å². The predicted molar refractivity (Wildman–Crippen MR) is 102 cm³/mol. The number of nitrogens with zero attached hydrogens (tertiary/aromatic N) is 2. The molecule has 0 saturated carbocycles. The van der Waals surface area contributed by atoms with Crippen molar-refractivity contribution >= 4 is 32.4 Å². The number of aryl methyl sites for hydroxylation is 1. The van der Waals surface area contributed by atoms with Crippen molar-refractivity contribution in [1.82, 2.24) is 9.97 Å². The number of sulfone groups is 1. The first-order chi connectivity index (χ1) is 13.6. The summed E-state index contributed by atoms with van der Waals surface area (Å²) in [5.74, 6) is -0.826. The fourth-order valence-corrected chi connectivity index (χ4v) is 3.57. The van der Waals surface area contributed by atoms with Crippen LogP contribution in [0.15, 0.2) is 46.1 Å². The molecule has 0 unspecified atom stereocenters. The van der Waals surface area contributed by atoms with E-state index in [0.29, 0.717) is 10.9 Å². The summed E-state index contributed by atoms with van der Waals surface area (Å²) in [5.41, 5.74) is -0.0836. The number of nitrogens with one attached hydrogen (secondary N) is 1. The number of aromatic amines is 1. The zero-order valence-electron chi connectivity index (χ0n) is 15.3. The van der Waals surface area contributed by atoms with E-state index < -0.39 is 36.9 Å². The Morgan fingerprint density at radius 1 is 1.28 bits per heavy atom. The van der Waals surface area contributed by atoms with Gasteiger partial charge in [0.05, 0.1) is 21.4 Å². The van der Waals surface area contributed by atoms with Gasteiger partial charge in [-0.05, 0) is 30.7 Å². The molecule has 3 aromatic rings. The summed E-state index contributed by atoms with van der Waals surface area (Å²) in [5, 5.41) is 11.6. The van der Waals surface area contributed by atoms with Crippen LogP contribution in [0.3, 0.4) is 0 Å². The van der Waals surface area contributed by atoms with Gasteiger partial charge in [0.1, 0.15) is 17.3 Å². The molecule has 29 heavy (non-hydrogen) atoms. The lowest BCUT2D eigenvalue weighted by atomic mass is 10.1. The van der Waals surface area contributed by atoms with Gasteiger partial charge >= 0.3 is 5.97 Å². The highest BCUT2D eigenvalue weighted by Crippen LogP contribution is 2.25. The van der Waals surface area contributed by atoms with Gasteiger partial charge in [-0.3, -0.25) is 14.9 Å². The van der Waals surface area contributed by atoms with E-state index in [-0.39, 0.29) is 18.0 Å². The SMILES string of the molecule is Cc1cccc2c(=O)[nH]c(COC(=O)c3ccc(S(C)(=O)=O)c([N+](=O)[O-])c3)nc12. The molecule has 0 bridgehead atoms. The van der Waals surface area contributed by atoms with Gasteiger partial charge in [0, 0.05) is 12.3 Å². The summed E-state index contributed by atoms with van der Waals surface area (Å²) in [7, 11) is -3.85. The molecule has 0 aliphatic heterocycles. The second-order valence-corrected chi connectivity index (χ2v) is 8.26. The van der Waals surface area contributed by atoms with Crippen LogP contribution in [0.25, 0.3) is 10.9 Å². The summed E-state index contributed by atoms with van der Waals surface area (Å²) in [6, 6.07) is 8.05. The van der Waals surface area contributed by atoms with Crippen molar-refractivity contribution in [2.75, 3.05) is 6.26 Å². The molecule has 150 valence electrons. The second-order valence-electron chi connectivity index (χ2n) is 6.27. The normalized spacial score (nSPS) is 11.4. The maximum absolute atomic E-state index is 12.3. The summed E-state index contributed by atoms with van der Waals surface area (Å²) < 4.78 is 28.4. The van der Waals surface area contributed by atoms with Gasteiger partial charge in [-0.15, -0.1) is 0 Å². The van der Waals surface area contributed by atoms with Crippen molar-refractivity contribution in [2.45, 2.75) is 18.4 Å². The van der Waals surface area contributed by atoms with Crippen LogP contribution in [0.5, 0.6) is 0 Å². The van der Waals surface area contributed by atoms with Crippen LogP contribution < -0.4 is 5.56 Å². The van der Waals surface area contributed by atoms with Gasteiger partial charge in [0.15, 0.2) is 9.84 Å². The zero-order valence-corrected chi connectivity index (χ0v) is 16.1. The lowest BCUT2D eigenvalue weighted by molar-refractivity contribution is -0.387. The highest BCUT2D eigenvalue weighted by molar-refractivity contribution is 7.90. The Labute approximate surface area is 164 Å². The third-order valence-electron chi connectivity index (χ3n) is 4.12. The van der Waals surface area contributed by atoms with Crippen LogP contribution in [0.1, 0.15) is 21.7 Å². The standard InChI is InChI=1S/C18H15N3O7S/c1-10-4-3-5-12-16(10)19-15(20-17(12)22)9-28-18(23)11-6-7-14(29(2,26)27)13(8-11)21(24)25/h3-8H,9H2,1-2H3,(H,19,20,22). The van der Waals surface area contributed by atoms with Crippen molar-refractivity contribution in [3.05, 3.63) is 73.8 Å². The lowest BCUT2D eigenvalue weighted by Crippen LogP contribution is -2.15. The van der Waals surface area contributed by atoms with Gasteiger partial charge in [-0.1, -0.05) is 12.1 Å². The molecule has 0 aliphatic carbocycles. The predicted octanol–water partition coefficient (Wildman–Crippen LogP) is 1.90. The largest absolute Gasteiger partial charge is 0.454 e. The van der Waals surface area contributed by atoms with E-state index >= 15 is 0 Å². The van der Waals surface area contributed by atoms with E-state index in [1.54, 1.807) is 25.1 Å². The summed E-state index contributed by atoms with van der Waals surface area (Å²) in [6.45, 7) is 1.41. The van der Waals surface area contributed by atoms with Crippen molar-refractivity contribution in [3.8, 4) is 0 Å². The number of esters is 1. The fraction of sp³-hybridized carbons (Fsp3) is 0.167. The maximum Gasteiger partial charge on any atom is 0.338 e. The number of para-hydroxylation sites is 1. The number of nitro benzene ring substituents is 1. The molecule has 0 fully saturated rings. The number of aromatic nitrogens is 2. The molecule has 3 rings (SSSR count). The Hall–Kier alpha value is -3.60. The number of nitro groups is 1. The highest BCUT2D eigenvalue weighted by atomic mass is 32.2. The molecule has 1 heterocycles. The maximum atomic E-state index is 12.3. The van der Waals surface area contributed by atoms with Gasteiger partial charge in [0.2, 0.25) is 0 Å². The topological polar surface area (TPSA) is 149 Å². The van der Waals surface area contributed by atoms with E-state index in [0.717, 1.165) is 30.0 Å². The van der Waals surface area contributed by atoms with Crippen LogP contribution in [0, 0.1) is 17.0 Å². The molecule has 1 N–H and O–H groups in total. The van der Waals surface area contributed by atoms with Crippen LogP contribution in [0.2, 0.25) is 0 Å². The quantitative estimate of drug-likeness (QED) is 0.376. The average molecular weight is 417 g/mol. The molecule has 10 nitrogen and oxygen atoms in total. The number of hydrogen-bond acceptors (Lipinski definition) is 8. The Balaban J connectivity index is 1.87. The molecule has 0 atom stereocenters. The second kappa shape index (κ2) is 7.43. The summed E-state index contributed by atoms with van der Waals surface area (Å²) in [4.78, 5) is 41.0. The number of ether oxygens (including phenoxy) is 1. The van der Waals surface area contributed by atoms with E-state index in [2.05, 4.69) is 9.97 Å². The fourth-order valence-electron chi connectivity index (χ4n) is 2.74.